The fourth-order valence-corrected chi connectivity index (χ4v) is 1.58. The summed E-state index contributed by atoms with van der Waals surface area (Å²) in [5.74, 6) is -0.317. The van der Waals surface area contributed by atoms with Gasteiger partial charge in [0.15, 0.2) is 0 Å². The molecule has 0 aliphatic heterocycles. The van der Waals surface area contributed by atoms with Crippen molar-refractivity contribution in [3.05, 3.63) is 11.8 Å². The number of aryl methyl sites for hydroxylation is 1. The van der Waals surface area contributed by atoms with Crippen molar-refractivity contribution < 1.29 is 18.8 Å². The molecule has 0 aliphatic carbocycles. The number of ether oxygens (including phenoxy) is 1. The van der Waals surface area contributed by atoms with E-state index in [1.54, 1.807) is 17.9 Å². The number of nitrogens with zero attached hydrogens (tertiary/aromatic N) is 2. The third kappa shape index (κ3) is 5.52. The van der Waals surface area contributed by atoms with E-state index in [-0.39, 0.29) is 25.0 Å². The molecular formula is C12H19N3O4. The minimum absolute atomic E-state index is 0.0905. The van der Waals surface area contributed by atoms with Crippen molar-refractivity contribution in [3.8, 4) is 0 Å². The zero-order valence-electron chi connectivity index (χ0n) is 11.4. The Kier molecular flexibility index (Phi) is 6.01. The molecule has 0 saturated heterocycles. The molecular weight excluding hydrogens is 250 g/mol. The van der Waals surface area contributed by atoms with Crippen molar-refractivity contribution in [1.82, 2.24) is 10.1 Å². The van der Waals surface area contributed by atoms with Gasteiger partial charge in [0.2, 0.25) is 11.8 Å². The molecule has 0 saturated carbocycles. The van der Waals surface area contributed by atoms with E-state index in [9.17, 15) is 9.59 Å². The van der Waals surface area contributed by atoms with Crippen LogP contribution in [0.15, 0.2) is 10.6 Å². The maximum Gasteiger partial charge on any atom is 0.319 e. The number of carbonyl (C=O) groups excluding carboxylic acids is 2. The molecule has 0 atom stereocenters. The number of amides is 1. The number of rotatable bonds is 7. The van der Waals surface area contributed by atoms with Crippen LogP contribution in [-0.2, 0) is 14.3 Å². The Morgan fingerprint density at radius 3 is 2.74 bits per heavy atom. The van der Waals surface area contributed by atoms with E-state index in [2.05, 4.69) is 15.2 Å². The fraction of sp³-hybridized carbons (Fsp3) is 0.583. The minimum Gasteiger partial charge on any atom is -0.468 e. The van der Waals surface area contributed by atoms with Crippen LogP contribution in [0.4, 0.5) is 5.88 Å². The van der Waals surface area contributed by atoms with E-state index in [1.165, 1.54) is 7.11 Å². The number of nitrogens with one attached hydrogen (secondary N) is 1. The molecule has 0 radical (unpaired) electrons. The highest BCUT2D eigenvalue weighted by atomic mass is 16.5. The van der Waals surface area contributed by atoms with Crippen LogP contribution < -0.4 is 5.32 Å². The third-order valence-corrected chi connectivity index (χ3v) is 2.38. The van der Waals surface area contributed by atoms with Crippen LogP contribution in [0.25, 0.3) is 0 Å². The molecule has 0 aliphatic rings. The van der Waals surface area contributed by atoms with Gasteiger partial charge in [0.1, 0.15) is 0 Å². The quantitative estimate of drug-likeness (QED) is 0.737. The lowest BCUT2D eigenvalue weighted by molar-refractivity contribution is -0.142. The maximum atomic E-state index is 11.8. The highest BCUT2D eigenvalue weighted by Crippen LogP contribution is 2.08. The van der Waals surface area contributed by atoms with E-state index in [0.29, 0.717) is 18.1 Å². The molecule has 7 heteroatoms. The Bertz CT molecular complexity index is 430. The van der Waals surface area contributed by atoms with Gasteiger partial charge < -0.3 is 9.26 Å². The second-order valence-electron chi connectivity index (χ2n) is 4.17. The molecule has 1 aromatic rings. The van der Waals surface area contributed by atoms with Crippen molar-refractivity contribution >= 4 is 17.8 Å². The van der Waals surface area contributed by atoms with Crippen LogP contribution in [0.3, 0.4) is 0 Å². The first-order chi connectivity index (χ1) is 9.05. The van der Waals surface area contributed by atoms with Crippen molar-refractivity contribution in [1.29, 1.82) is 0 Å². The maximum absolute atomic E-state index is 11.8. The van der Waals surface area contributed by atoms with E-state index in [4.69, 9.17) is 4.52 Å². The van der Waals surface area contributed by atoms with Crippen molar-refractivity contribution in [2.45, 2.75) is 20.3 Å². The first-order valence-electron chi connectivity index (χ1n) is 6.07. The van der Waals surface area contributed by atoms with E-state index in [0.717, 1.165) is 6.42 Å². The Labute approximate surface area is 111 Å². The lowest BCUT2D eigenvalue weighted by atomic mass is 10.3. The van der Waals surface area contributed by atoms with Gasteiger partial charge in [0, 0.05) is 6.07 Å². The zero-order chi connectivity index (χ0) is 14.3. The number of carbonyl (C=O) groups is 2. The zero-order valence-corrected chi connectivity index (χ0v) is 11.4. The summed E-state index contributed by atoms with van der Waals surface area (Å²) in [4.78, 5) is 24.7. The topological polar surface area (TPSA) is 84.7 Å². The molecule has 0 unspecified atom stereocenters. The van der Waals surface area contributed by atoms with Crippen LogP contribution in [0.2, 0.25) is 0 Å². The molecule has 1 aromatic heterocycles. The predicted octanol–water partition coefficient (Wildman–Crippen LogP) is 0.807. The Morgan fingerprint density at radius 2 is 2.21 bits per heavy atom. The van der Waals surface area contributed by atoms with E-state index >= 15 is 0 Å². The third-order valence-electron chi connectivity index (χ3n) is 2.38. The Morgan fingerprint density at radius 1 is 1.47 bits per heavy atom. The lowest BCUT2D eigenvalue weighted by Crippen LogP contribution is -2.37. The van der Waals surface area contributed by atoms with Gasteiger partial charge in [-0.25, -0.2) is 0 Å². The lowest BCUT2D eigenvalue weighted by Gasteiger charge is -2.18. The average molecular weight is 269 g/mol. The summed E-state index contributed by atoms with van der Waals surface area (Å²) in [5, 5.41) is 6.25. The monoisotopic (exact) mass is 269 g/mol. The SMILES string of the molecule is CCCN(CC(=O)Nc1cc(C)no1)CC(=O)OC. The van der Waals surface area contributed by atoms with Gasteiger partial charge in [-0.3, -0.25) is 19.8 Å². The van der Waals surface area contributed by atoms with Crippen LogP contribution in [-0.4, -0.2) is 48.7 Å². The molecule has 0 fully saturated rings. The molecule has 0 bridgehead atoms. The van der Waals surface area contributed by atoms with Crippen molar-refractivity contribution in [2.24, 2.45) is 0 Å². The second kappa shape index (κ2) is 7.52. The summed E-state index contributed by atoms with van der Waals surface area (Å²) in [6.45, 7) is 4.57. The molecule has 1 amide bonds. The standard InChI is InChI=1S/C12H19N3O4/c1-4-5-15(8-12(17)18-3)7-10(16)13-11-6-9(2)14-19-11/h6H,4-5,7-8H2,1-3H3,(H,13,16). The largest absolute Gasteiger partial charge is 0.468 e. The first kappa shape index (κ1) is 15.2. The van der Waals surface area contributed by atoms with Gasteiger partial charge in [0.05, 0.1) is 25.9 Å². The summed E-state index contributed by atoms with van der Waals surface area (Å²) in [5.41, 5.74) is 0.690. The number of methoxy groups -OCH3 is 1. The molecule has 1 heterocycles. The van der Waals surface area contributed by atoms with Gasteiger partial charge in [-0.05, 0) is 19.9 Å². The van der Waals surface area contributed by atoms with Gasteiger partial charge in [-0.2, -0.15) is 0 Å². The second-order valence-corrected chi connectivity index (χ2v) is 4.17. The van der Waals surface area contributed by atoms with Crippen LogP contribution >= 0.6 is 0 Å². The number of aromatic nitrogens is 1. The Hall–Kier alpha value is -1.89. The predicted molar refractivity (Wildman–Crippen MR) is 68.6 cm³/mol. The summed E-state index contributed by atoms with van der Waals surface area (Å²) in [6.07, 6.45) is 0.839. The van der Waals surface area contributed by atoms with Crippen LogP contribution in [0.5, 0.6) is 0 Å². The summed E-state index contributed by atoms with van der Waals surface area (Å²) in [7, 11) is 1.32. The smallest absolute Gasteiger partial charge is 0.319 e. The first-order valence-corrected chi connectivity index (χ1v) is 6.07. The normalized spacial score (nSPS) is 10.5. The highest BCUT2D eigenvalue weighted by molar-refractivity contribution is 5.91. The number of hydrogen-bond acceptors (Lipinski definition) is 6. The average Bonchev–Trinajstić information content (AvgIpc) is 2.74. The summed E-state index contributed by atoms with van der Waals surface area (Å²) in [6, 6.07) is 1.63. The van der Waals surface area contributed by atoms with E-state index in [1.807, 2.05) is 6.92 Å². The van der Waals surface area contributed by atoms with Crippen LogP contribution in [0, 0.1) is 6.92 Å². The Balaban J connectivity index is 2.48. The van der Waals surface area contributed by atoms with Gasteiger partial charge in [-0.15, -0.1) is 0 Å². The van der Waals surface area contributed by atoms with Crippen molar-refractivity contribution in [3.63, 3.8) is 0 Å². The molecule has 0 spiro atoms. The van der Waals surface area contributed by atoms with E-state index < -0.39 is 0 Å². The van der Waals surface area contributed by atoms with Gasteiger partial charge >= 0.3 is 5.97 Å². The summed E-state index contributed by atoms with van der Waals surface area (Å²) < 4.78 is 9.48. The number of hydrogen-bond donors (Lipinski definition) is 1. The molecule has 106 valence electrons. The minimum atomic E-state index is -0.364. The summed E-state index contributed by atoms with van der Waals surface area (Å²) >= 11 is 0. The van der Waals surface area contributed by atoms with Gasteiger partial charge in [0.25, 0.3) is 0 Å². The molecule has 7 nitrogen and oxygen atoms in total. The molecule has 0 aromatic carbocycles. The number of anilines is 1. The highest BCUT2D eigenvalue weighted by Gasteiger charge is 2.15. The van der Waals surface area contributed by atoms with Crippen LogP contribution in [0.1, 0.15) is 19.0 Å². The fourth-order valence-electron chi connectivity index (χ4n) is 1.58. The molecule has 1 rings (SSSR count). The van der Waals surface area contributed by atoms with Gasteiger partial charge in [-0.1, -0.05) is 12.1 Å². The molecule has 19 heavy (non-hydrogen) atoms. The number of esters is 1. The van der Waals surface area contributed by atoms with Crippen molar-refractivity contribution in [2.75, 3.05) is 32.1 Å². The molecule has 1 N–H and O–H groups in total.